The molecule has 0 heterocycles. The van der Waals surface area contributed by atoms with Crippen LogP contribution in [0, 0.1) is 6.92 Å². The number of nitrogens with zero attached hydrogens (tertiary/aromatic N) is 2. The number of carbonyl (C=O) groups excluding carboxylic acids is 2. The smallest absolute Gasteiger partial charge is 0.264 e. The number of carbonyl (C=O) groups is 2. The standard InChI is InChI=1S/C37H39Cl2N3O5S/c1-26-15-18-32(19-16-26)48(45,46)42(33-23-30(39)17-20-35(33)47-2)25-36(43)41(24-28-11-8-12-29(38)21-28)34(22-27-9-4-3-5-10-27)37(44)40-31-13-6-7-14-31/h3-5,8-12,15-21,23,31,34H,6-7,13-14,22,24-25H2,1-2H3,(H,40,44)/t34-/m0/s1. The Bertz CT molecular complexity index is 1830. The number of amides is 2. The molecule has 0 aromatic heterocycles. The first-order valence-electron chi connectivity index (χ1n) is 15.9. The lowest BCUT2D eigenvalue weighted by Gasteiger charge is -2.34. The topological polar surface area (TPSA) is 96.0 Å². The molecule has 1 N–H and O–H groups in total. The van der Waals surface area contributed by atoms with E-state index >= 15 is 0 Å². The maximum atomic E-state index is 14.7. The minimum absolute atomic E-state index is 0.00744. The van der Waals surface area contributed by atoms with Gasteiger partial charge in [0.1, 0.15) is 18.3 Å². The Kier molecular flexibility index (Phi) is 11.7. The van der Waals surface area contributed by atoms with Gasteiger partial charge in [-0.15, -0.1) is 0 Å². The number of methoxy groups -OCH3 is 1. The van der Waals surface area contributed by atoms with Crippen molar-refractivity contribution in [3.8, 4) is 5.75 Å². The van der Waals surface area contributed by atoms with Crippen molar-refractivity contribution in [2.45, 2.75) is 62.6 Å². The SMILES string of the molecule is COc1ccc(Cl)cc1N(CC(=O)N(Cc1cccc(Cl)c1)[C@@H](Cc1ccccc1)C(=O)NC1CCCC1)S(=O)(=O)c1ccc(C)cc1. The molecule has 1 fully saturated rings. The number of halogens is 2. The number of rotatable bonds is 13. The summed E-state index contributed by atoms with van der Waals surface area (Å²) in [7, 11) is -2.91. The number of hydrogen-bond acceptors (Lipinski definition) is 5. The van der Waals surface area contributed by atoms with Crippen LogP contribution in [0.25, 0.3) is 0 Å². The number of aryl methyl sites for hydroxylation is 1. The van der Waals surface area contributed by atoms with Gasteiger partial charge in [0.05, 0.1) is 17.7 Å². The molecular formula is C37H39Cl2N3O5S. The van der Waals surface area contributed by atoms with Gasteiger partial charge in [-0.1, -0.05) is 96.2 Å². The van der Waals surface area contributed by atoms with Crippen LogP contribution in [-0.4, -0.2) is 50.9 Å². The van der Waals surface area contributed by atoms with E-state index in [0.29, 0.717) is 10.6 Å². The largest absolute Gasteiger partial charge is 0.495 e. The molecule has 252 valence electrons. The second kappa shape index (κ2) is 15.9. The van der Waals surface area contributed by atoms with E-state index in [2.05, 4.69) is 5.32 Å². The molecule has 1 aliphatic carbocycles. The van der Waals surface area contributed by atoms with Gasteiger partial charge in [0.15, 0.2) is 0 Å². The average molecular weight is 709 g/mol. The number of anilines is 1. The van der Waals surface area contributed by atoms with Crippen molar-refractivity contribution in [3.63, 3.8) is 0 Å². The van der Waals surface area contributed by atoms with Crippen LogP contribution in [0.15, 0.2) is 102 Å². The van der Waals surface area contributed by atoms with E-state index in [1.54, 1.807) is 42.5 Å². The van der Waals surface area contributed by atoms with Gasteiger partial charge in [0, 0.05) is 29.1 Å². The fraction of sp³-hybridized carbons (Fsp3) is 0.297. The Hall–Kier alpha value is -4.05. The molecule has 0 saturated heterocycles. The Morgan fingerprint density at radius 3 is 2.21 bits per heavy atom. The third-order valence-corrected chi connectivity index (χ3v) is 10.8. The lowest BCUT2D eigenvalue weighted by Crippen LogP contribution is -2.54. The van der Waals surface area contributed by atoms with Crippen LogP contribution in [0.2, 0.25) is 10.0 Å². The van der Waals surface area contributed by atoms with E-state index in [4.69, 9.17) is 27.9 Å². The van der Waals surface area contributed by atoms with Crippen LogP contribution in [0.4, 0.5) is 5.69 Å². The zero-order chi connectivity index (χ0) is 34.3. The van der Waals surface area contributed by atoms with Crippen molar-refractivity contribution in [1.82, 2.24) is 10.2 Å². The Balaban J connectivity index is 1.60. The molecule has 0 bridgehead atoms. The first kappa shape index (κ1) is 35.3. The van der Waals surface area contributed by atoms with Gasteiger partial charge < -0.3 is 15.0 Å². The fourth-order valence-electron chi connectivity index (χ4n) is 5.96. The molecule has 8 nitrogen and oxygen atoms in total. The maximum Gasteiger partial charge on any atom is 0.264 e. The lowest BCUT2D eigenvalue weighted by molar-refractivity contribution is -0.140. The van der Waals surface area contributed by atoms with Crippen molar-refractivity contribution in [2.24, 2.45) is 0 Å². The number of nitrogens with one attached hydrogen (secondary N) is 1. The van der Waals surface area contributed by atoms with Gasteiger partial charge in [-0.25, -0.2) is 8.42 Å². The van der Waals surface area contributed by atoms with Crippen molar-refractivity contribution in [2.75, 3.05) is 18.0 Å². The van der Waals surface area contributed by atoms with Gasteiger partial charge in [-0.05, 0) is 73.4 Å². The van der Waals surface area contributed by atoms with Crippen LogP contribution >= 0.6 is 23.2 Å². The molecule has 1 aliphatic rings. The minimum atomic E-state index is -4.33. The van der Waals surface area contributed by atoms with Crippen molar-refractivity contribution >= 4 is 50.7 Å². The summed E-state index contributed by atoms with van der Waals surface area (Å²) in [6, 6.07) is 26.5. The molecule has 11 heteroatoms. The number of sulfonamides is 1. The molecule has 2 amide bonds. The van der Waals surface area contributed by atoms with E-state index in [1.165, 1.54) is 30.2 Å². The molecule has 0 spiro atoms. The van der Waals surface area contributed by atoms with E-state index in [9.17, 15) is 18.0 Å². The van der Waals surface area contributed by atoms with Gasteiger partial charge in [-0.3, -0.25) is 13.9 Å². The summed E-state index contributed by atoms with van der Waals surface area (Å²) in [5.74, 6) is -0.673. The normalized spacial score (nSPS) is 13.9. The predicted octanol–water partition coefficient (Wildman–Crippen LogP) is 7.20. The first-order chi connectivity index (χ1) is 23.0. The summed E-state index contributed by atoms with van der Waals surface area (Å²) in [5.41, 5.74) is 2.52. The Morgan fingerprint density at radius 1 is 0.875 bits per heavy atom. The average Bonchev–Trinajstić information content (AvgIpc) is 3.58. The van der Waals surface area contributed by atoms with Crippen LogP contribution in [0.5, 0.6) is 5.75 Å². The minimum Gasteiger partial charge on any atom is -0.495 e. The van der Waals surface area contributed by atoms with Crippen LogP contribution in [0.1, 0.15) is 42.4 Å². The maximum absolute atomic E-state index is 14.7. The number of benzene rings is 4. The molecule has 48 heavy (non-hydrogen) atoms. The molecule has 0 radical (unpaired) electrons. The summed E-state index contributed by atoms with van der Waals surface area (Å²) in [6.07, 6.45) is 3.99. The van der Waals surface area contributed by atoms with Crippen molar-refractivity contribution in [3.05, 3.63) is 124 Å². The second-order valence-electron chi connectivity index (χ2n) is 12.0. The van der Waals surface area contributed by atoms with Crippen LogP contribution < -0.4 is 14.4 Å². The molecule has 1 atom stereocenters. The molecule has 0 unspecified atom stereocenters. The summed E-state index contributed by atoms with van der Waals surface area (Å²) in [6.45, 7) is 1.24. The highest BCUT2D eigenvalue weighted by Crippen LogP contribution is 2.35. The quantitative estimate of drug-likeness (QED) is 0.159. The van der Waals surface area contributed by atoms with Gasteiger partial charge in [0.2, 0.25) is 11.8 Å². The molecule has 0 aliphatic heterocycles. The zero-order valence-electron chi connectivity index (χ0n) is 26.9. The van der Waals surface area contributed by atoms with E-state index in [-0.39, 0.29) is 46.3 Å². The third kappa shape index (κ3) is 8.69. The van der Waals surface area contributed by atoms with Crippen molar-refractivity contribution < 1.29 is 22.7 Å². The summed E-state index contributed by atoms with van der Waals surface area (Å²) < 4.78 is 35.3. The molecule has 5 rings (SSSR count). The summed E-state index contributed by atoms with van der Waals surface area (Å²) >= 11 is 12.7. The Morgan fingerprint density at radius 2 is 1.54 bits per heavy atom. The highest BCUT2D eigenvalue weighted by molar-refractivity contribution is 7.92. The molecule has 4 aromatic carbocycles. The fourth-order valence-corrected chi connectivity index (χ4v) is 7.76. The number of ether oxygens (including phenoxy) is 1. The van der Waals surface area contributed by atoms with Crippen LogP contribution in [0.3, 0.4) is 0 Å². The Labute approximate surface area is 292 Å². The molecule has 1 saturated carbocycles. The highest BCUT2D eigenvalue weighted by Gasteiger charge is 2.36. The van der Waals surface area contributed by atoms with Gasteiger partial charge in [-0.2, -0.15) is 0 Å². The summed E-state index contributed by atoms with van der Waals surface area (Å²) in [4.78, 5) is 30.3. The lowest BCUT2D eigenvalue weighted by atomic mass is 10.0. The molecule has 4 aromatic rings. The molecular weight excluding hydrogens is 669 g/mol. The van der Waals surface area contributed by atoms with Gasteiger partial charge in [0.25, 0.3) is 10.0 Å². The highest BCUT2D eigenvalue weighted by atomic mass is 35.5. The van der Waals surface area contributed by atoms with E-state index < -0.39 is 28.5 Å². The predicted molar refractivity (Wildman–Crippen MR) is 190 cm³/mol. The van der Waals surface area contributed by atoms with Crippen molar-refractivity contribution in [1.29, 1.82) is 0 Å². The van der Waals surface area contributed by atoms with E-state index in [1.807, 2.05) is 43.3 Å². The monoisotopic (exact) mass is 707 g/mol. The van der Waals surface area contributed by atoms with Gasteiger partial charge >= 0.3 is 0 Å². The zero-order valence-corrected chi connectivity index (χ0v) is 29.3. The van der Waals surface area contributed by atoms with Crippen LogP contribution in [-0.2, 0) is 32.6 Å². The van der Waals surface area contributed by atoms with E-state index in [0.717, 1.165) is 41.1 Å². The summed E-state index contributed by atoms with van der Waals surface area (Å²) in [5, 5.41) is 3.91. The first-order valence-corrected chi connectivity index (χ1v) is 18.1. The number of hydrogen-bond donors (Lipinski definition) is 1. The third-order valence-electron chi connectivity index (χ3n) is 8.51. The second-order valence-corrected chi connectivity index (χ2v) is 14.7.